The molecule has 0 fully saturated rings. The van der Waals surface area contributed by atoms with Gasteiger partial charge in [-0.3, -0.25) is 0 Å². The van der Waals surface area contributed by atoms with Crippen LogP contribution >= 0.6 is 15.9 Å². The van der Waals surface area contributed by atoms with E-state index in [1.54, 1.807) is 11.1 Å². The lowest BCUT2D eigenvalue weighted by molar-refractivity contribution is 0.549. The summed E-state index contributed by atoms with van der Waals surface area (Å²) >= 11 is 3.58. The topological polar surface area (TPSA) is 12.0 Å². The summed E-state index contributed by atoms with van der Waals surface area (Å²) in [4.78, 5) is 0. The molecule has 0 saturated carbocycles. The van der Waals surface area contributed by atoms with Crippen molar-refractivity contribution in [3.8, 4) is 0 Å². The zero-order valence-corrected chi connectivity index (χ0v) is 14.1. The van der Waals surface area contributed by atoms with E-state index < -0.39 is 0 Å². The second-order valence-corrected chi connectivity index (χ2v) is 6.74. The van der Waals surface area contributed by atoms with Crippen molar-refractivity contribution in [2.45, 2.75) is 38.6 Å². The standard InChI is InChI=1S/C19H22BrN/c1-2-21-19(17-7-4-8-18(20)13-17)12-14-9-10-15-5-3-6-16(15)11-14/h4,7-11,13,19,21H,2-3,5-6,12H2,1H3. The number of hydrogen-bond acceptors (Lipinski definition) is 1. The third-order valence-corrected chi connectivity index (χ3v) is 4.80. The summed E-state index contributed by atoms with van der Waals surface area (Å²) in [6, 6.07) is 16.1. The van der Waals surface area contributed by atoms with Crippen molar-refractivity contribution in [2.75, 3.05) is 6.54 Å². The van der Waals surface area contributed by atoms with Gasteiger partial charge in [-0.2, -0.15) is 0 Å². The average Bonchev–Trinajstić information content (AvgIpc) is 2.94. The molecule has 0 saturated heterocycles. The van der Waals surface area contributed by atoms with Gasteiger partial charge in [0.25, 0.3) is 0 Å². The molecule has 0 radical (unpaired) electrons. The van der Waals surface area contributed by atoms with Crippen molar-refractivity contribution in [3.05, 3.63) is 69.2 Å². The van der Waals surface area contributed by atoms with Gasteiger partial charge in [0, 0.05) is 10.5 Å². The molecule has 21 heavy (non-hydrogen) atoms. The van der Waals surface area contributed by atoms with Crippen LogP contribution in [0, 0.1) is 0 Å². The zero-order chi connectivity index (χ0) is 14.7. The van der Waals surface area contributed by atoms with Gasteiger partial charge in [-0.05, 0) is 66.6 Å². The highest BCUT2D eigenvalue weighted by Gasteiger charge is 2.15. The molecule has 0 aromatic heterocycles. The minimum Gasteiger partial charge on any atom is -0.310 e. The molecule has 2 aromatic carbocycles. The summed E-state index contributed by atoms with van der Waals surface area (Å²) in [7, 11) is 0. The number of benzene rings is 2. The maximum Gasteiger partial charge on any atom is 0.0361 e. The van der Waals surface area contributed by atoms with E-state index in [9.17, 15) is 0 Å². The predicted octanol–water partition coefficient (Wildman–Crippen LogP) is 4.83. The molecule has 1 unspecified atom stereocenters. The van der Waals surface area contributed by atoms with Gasteiger partial charge in [0.15, 0.2) is 0 Å². The fraction of sp³-hybridized carbons (Fsp3) is 0.368. The van der Waals surface area contributed by atoms with Crippen LogP contribution in [-0.2, 0) is 19.3 Å². The number of nitrogens with one attached hydrogen (secondary N) is 1. The van der Waals surface area contributed by atoms with Crippen LogP contribution in [-0.4, -0.2) is 6.54 Å². The van der Waals surface area contributed by atoms with Gasteiger partial charge < -0.3 is 5.32 Å². The number of hydrogen-bond donors (Lipinski definition) is 1. The first kappa shape index (κ1) is 14.8. The molecular weight excluding hydrogens is 322 g/mol. The van der Waals surface area contributed by atoms with E-state index in [2.05, 4.69) is 70.6 Å². The van der Waals surface area contributed by atoms with Crippen LogP contribution in [0.25, 0.3) is 0 Å². The van der Waals surface area contributed by atoms with Crippen LogP contribution in [0.2, 0.25) is 0 Å². The first-order chi connectivity index (χ1) is 10.3. The molecule has 1 atom stereocenters. The summed E-state index contributed by atoms with van der Waals surface area (Å²) < 4.78 is 1.15. The molecule has 1 nitrogen and oxygen atoms in total. The molecule has 0 heterocycles. The molecule has 1 aliphatic rings. The monoisotopic (exact) mass is 343 g/mol. The van der Waals surface area contributed by atoms with E-state index in [4.69, 9.17) is 0 Å². The fourth-order valence-electron chi connectivity index (χ4n) is 3.27. The van der Waals surface area contributed by atoms with Crippen molar-refractivity contribution < 1.29 is 0 Å². The van der Waals surface area contributed by atoms with Crippen molar-refractivity contribution in [1.29, 1.82) is 0 Å². The van der Waals surface area contributed by atoms with Crippen LogP contribution in [0.5, 0.6) is 0 Å². The quantitative estimate of drug-likeness (QED) is 0.819. The highest BCUT2D eigenvalue weighted by molar-refractivity contribution is 9.10. The minimum absolute atomic E-state index is 0.381. The Labute approximate surface area is 135 Å². The summed E-state index contributed by atoms with van der Waals surface area (Å²) in [5.41, 5.74) is 5.92. The van der Waals surface area contributed by atoms with Gasteiger partial charge in [0.05, 0.1) is 0 Å². The molecule has 0 spiro atoms. The Morgan fingerprint density at radius 3 is 2.76 bits per heavy atom. The van der Waals surface area contributed by atoms with Crippen LogP contribution < -0.4 is 5.32 Å². The van der Waals surface area contributed by atoms with Gasteiger partial charge in [0.2, 0.25) is 0 Å². The van der Waals surface area contributed by atoms with Crippen molar-refractivity contribution in [3.63, 3.8) is 0 Å². The Morgan fingerprint density at radius 1 is 1.10 bits per heavy atom. The second-order valence-electron chi connectivity index (χ2n) is 5.83. The van der Waals surface area contributed by atoms with E-state index in [1.807, 2.05) is 0 Å². The molecule has 2 heteroatoms. The fourth-order valence-corrected chi connectivity index (χ4v) is 3.68. The van der Waals surface area contributed by atoms with Gasteiger partial charge >= 0.3 is 0 Å². The Morgan fingerprint density at radius 2 is 1.95 bits per heavy atom. The Balaban J connectivity index is 1.82. The normalized spacial score (nSPS) is 15.0. The van der Waals surface area contributed by atoms with Crippen LogP contribution in [0.1, 0.15) is 41.6 Å². The lowest BCUT2D eigenvalue weighted by Crippen LogP contribution is -2.23. The molecule has 0 amide bonds. The van der Waals surface area contributed by atoms with E-state index in [0.29, 0.717) is 6.04 Å². The Bertz CT molecular complexity index is 621. The SMILES string of the molecule is CCNC(Cc1ccc2c(c1)CCC2)c1cccc(Br)c1. The lowest BCUT2D eigenvalue weighted by Gasteiger charge is -2.19. The number of halogens is 1. The van der Waals surface area contributed by atoms with Crippen molar-refractivity contribution in [1.82, 2.24) is 5.32 Å². The van der Waals surface area contributed by atoms with Crippen LogP contribution in [0.15, 0.2) is 46.9 Å². The molecule has 3 rings (SSSR count). The summed E-state index contributed by atoms with van der Waals surface area (Å²) in [5, 5.41) is 3.62. The maximum atomic E-state index is 3.62. The molecule has 0 bridgehead atoms. The van der Waals surface area contributed by atoms with Crippen LogP contribution in [0.4, 0.5) is 0 Å². The van der Waals surface area contributed by atoms with Crippen molar-refractivity contribution >= 4 is 15.9 Å². The van der Waals surface area contributed by atoms with E-state index in [0.717, 1.165) is 17.4 Å². The van der Waals surface area contributed by atoms with E-state index in [1.165, 1.54) is 30.4 Å². The lowest BCUT2D eigenvalue weighted by atomic mass is 9.96. The zero-order valence-electron chi connectivity index (χ0n) is 12.5. The maximum absolute atomic E-state index is 3.62. The number of fused-ring (bicyclic) bond motifs is 1. The highest BCUT2D eigenvalue weighted by atomic mass is 79.9. The van der Waals surface area contributed by atoms with Gasteiger partial charge in [0.1, 0.15) is 0 Å². The number of aryl methyl sites for hydroxylation is 2. The van der Waals surface area contributed by atoms with Gasteiger partial charge in [-0.15, -0.1) is 0 Å². The van der Waals surface area contributed by atoms with Gasteiger partial charge in [-0.25, -0.2) is 0 Å². The highest BCUT2D eigenvalue weighted by Crippen LogP contribution is 2.26. The molecular formula is C19H22BrN. The number of likely N-dealkylation sites (N-methyl/N-ethyl adjacent to an activating group) is 1. The molecule has 2 aromatic rings. The third-order valence-electron chi connectivity index (χ3n) is 4.30. The summed E-state index contributed by atoms with van der Waals surface area (Å²) in [6.07, 6.45) is 4.89. The average molecular weight is 344 g/mol. The van der Waals surface area contributed by atoms with E-state index >= 15 is 0 Å². The van der Waals surface area contributed by atoms with Crippen LogP contribution in [0.3, 0.4) is 0 Å². The first-order valence-corrected chi connectivity index (χ1v) is 8.65. The summed E-state index contributed by atoms with van der Waals surface area (Å²) in [6.45, 7) is 3.16. The summed E-state index contributed by atoms with van der Waals surface area (Å²) in [5.74, 6) is 0. The molecule has 110 valence electrons. The van der Waals surface area contributed by atoms with Crippen molar-refractivity contribution in [2.24, 2.45) is 0 Å². The molecule has 1 N–H and O–H groups in total. The number of rotatable bonds is 5. The largest absolute Gasteiger partial charge is 0.310 e. The second kappa shape index (κ2) is 6.76. The van der Waals surface area contributed by atoms with Gasteiger partial charge in [-0.1, -0.05) is 53.2 Å². The molecule has 0 aliphatic heterocycles. The van der Waals surface area contributed by atoms with E-state index in [-0.39, 0.29) is 0 Å². The third kappa shape index (κ3) is 3.56. The first-order valence-electron chi connectivity index (χ1n) is 7.86. The Hall–Kier alpha value is -1.12. The molecule has 1 aliphatic carbocycles. The minimum atomic E-state index is 0.381. The predicted molar refractivity (Wildman–Crippen MR) is 92.7 cm³/mol. The Kier molecular flexibility index (Phi) is 4.77. The smallest absolute Gasteiger partial charge is 0.0361 e.